The molecule has 0 heterocycles. The van der Waals surface area contributed by atoms with E-state index in [-0.39, 0.29) is 0 Å². The molecule has 0 aliphatic rings. The molecule has 0 spiro atoms. The molecule has 0 aromatic carbocycles. The van der Waals surface area contributed by atoms with Gasteiger partial charge in [-0.05, 0) is 13.3 Å². The normalized spacial score (nSPS) is 14.1. The van der Waals surface area contributed by atoms with E-state index in [1.54, 1.807) is 0 Å². The fraction of sp³-hybridized carbons (Fsp3) is 0.429. The third-order valence-electron chi connectivity index (χ3n) is 0.915. The standard InChI is InChI=1S/C7H13NS/c1-3-4-5-7(9)6(2)8/h4-5,9H,3,8H2,1-2H3/b5-4-,7-6-. The Morgan fingerprint density at radius 1 is 1.67 bits per heavy atom. The summed E-state index contributed by atoms with van der Waals surface area (Å²) in [5.74, 6) is 0. The van der Waals surface area contributed by atoms with Gasteiger partial charge in [0.25, 0.3) is 0 Å². The number of nitrogens with two attached hydrogens (primary N) is 1. The Morgan fingerprint density at radius 2 is 2.22 bits per heavy atom. The maximum Gasteiger partial charge on any atom is 0.0222 e. The summed E-state index contributed by atoms with van der Waals surface area (Å²) in [4.78, 5) is 0.858. The summed E-state index contributed by atoms with van der Waals surface area (Å²) in [7, 11) is 0. The monoisotopic (exact) mass is 143 g/mol. The first-order valence-electron chi connectivity index (χ1n) is 3.00. The minimum atomic E-state index is 0.767. The second-order valence-electron chi connectivity index (χ2n) is 1.88. The molecule has 2 heteroatoms. The minimum absolute atomic E-state index is 0.767. The van der Waals surface area contributed by atoms with Gasteiger partial charge in [-0.1, -0.05) is 19.1 Å². The molecule has 0 rings (SSSR count). The van der Waals surface area contributed by atoms with Gasteiger partial charge in [0.05, 0.1) is 0 Å². The molecule has 0 saturated heterocycles. The average Bonchev–Trinajstić information content (AvgIpc) is 1.82. The van der Waals surface area contributed by atoms with E-state index >= 15 is 0 Å². The first-order valence-corrected chi connectivity index (χ1v) is 3.45. The van der Waals surface area contributed by atoms with E-state index in [4.69, 9.17) is 5.73 Å². The highest BCUT2D eigenvalue weighted by atomic mass is 32.1. The fourth-order valence-electron chi connectivity index (χ4n) is 0.361. The highest BCUT2D eigenvalue weighted by molar-refractivity contribution is 7.84. The van der Waals surface area contributed by atoms with Crippen LogP contribution in [0.5, 0.6) is 0 Å². The topological polar surface area (TPSA) is 26.0 Å². The third kappa shape index (κ3) is 4.15. The molecule has 0 aromatic heterocycles. The average molecular weight is 143 g/mol. The zero-order valence-electron chi connectivity index (χ0n) is 5.89. The van der Waals surface area contributed by atoms with Crippen molar-refractivity contribution in [1.29, 1.82) is 0 Å². The number of rotatable bonds is 2. The van der Waals surface area contributed by atoms with Crippen molar-refractivity contribution in [2.24, 2.45) is 5.73 Å². The van der Waals surface area contributed by atoms with E-state index < -0.39 is 0 Å². The lowest BCUT2D eigenvalue weighted by Crippen LogP contribution is -1.91. The Morgan fingerprint density at radius 3 is 2.56 bits per heavy atom. The molecule has 0 aliphatic heterocycles. The van der Waals surface area contributed by atoms with Crippen LogP contribution >= 0.6 is 12.6 Å². The van der Waals surface area contributed by atoms with Gasteiger partial charge in [0.1, 0.15) is 0 Å². The van der Waals surface area contributed by atoms with Crippen molar-refractivity contribution in [2.45, 2.75) is 20.3 Å². The molecular formula is C7H13NS. The van der Waals surface area contributed by atoms with E-state index in [0.717, 1.165) is 17.0 Å². The molecule has 1 nitrogen and oxygen atoms in total. The van der Waals surface area contributed by atoms with Gasteiger partial charge in [0.15, 0.2) is 0 Å². The van der Waals surface area contributed by atoms with Crippen LogP contribution in [0.1, 0.15) is 20.3 Å². The van der Waals surface area contributed by atoms with Gasteiger partial charge in [-0.15, -0.1) is 12.6 Å². The predicted octanol–water partition coefficient (Wildman–Crippen LogP) is 2.07. The predicted molar refractivity (Wildman–Crippen MR) is 45.3 cm³/mol. The maximum atomic E-state index is 5.43. The van der Waals surface area contributed by atoms with Crippen molar-refractivity contribution < 1.29 is 0 Å². The minimum Gasteiger partial charge on any atom is -0.401 e. The summed E-state index contributed by atoms with van der Waals surface area (Å²) in [6, 6.07) is 0. The van der Waals surface area contributed by atoms with Crippen LogP contribution in [0.3, 0.4) is 0 Å². The van der Waals surface area contributed by atoms with Gasteiger partial charge >= 0.3 is 0 Å². The summed E-state index contributed by atoms with van der Waals surface area (Å²) < 4.78 is 0. The molecule has 2 N–H and O–H groups in total. The molecule has 0 atom stereocenters. The largest absolute Gasteiger partial charge is 0.401 e. The van der Waals surface area contributed by atoms with Gasteiger partial charge in [-0.25, -0.2) is 0 Å². The molecule has 0 unspecified atom stereocenters. The first kappa shape index (κ1) is 8.63. The van der Waals surface area contributed by atoms with Gasteiger partial charge in [-0.3, -0.25) is 0 Å². The molecule has 0 amide bonds. The van der Waals surface area contributed by atoms with Crippen molar-refractivity contribution in [3.05, 3.63) is 22.8 Å². The van der Waals surface area contributed by atoms with Crippen molar-refractivity contribution in [1.82, 2.24) is 0 Å². The molecule has 0 bridgehead atoms. The van der Waals surface area contributed by atoms with Crippen LogP contribution in [0.25, 0.3) is 0 Å². The van der Waals surface area contributed by atoms with E-state index in [1.807, 2.05) is 19.1 Å². The van der Waals surface area contributed by atoms with Crippen molar-refractivity contribution in [3.8, 4) is 0 Å². The van der Waals surface area contributed by atoms with E-state index in [0.29, 0.717) is 0 Å². The van der Waals surface area contributed by atoms with Gasteiger partial charge in [0, 0.05) is 10.6 Å². The van der Waals surface area contributed by atoms with Crippen LogP contribution in [0.15, 0.2) is 22.8 Å². The zero-order valence-corrected chi connectivity index (χ0v) is 6.78. The lowest BCUT2D eigenvalue weighted by molar-refractivity contribution is 1.22. The molecule has 0 saturated carbocycles. The SMILES string of the molecule is CC/C=C\C(S)=C(/C)N. The van der Waals surface area contributed by atoms with Crippen molar-refractivity contribution in [2.75, 3.05) is 0 Å². The Kier molecular flexibility index (Phi) is 4.32. The summed E-state index contributed by atoms with van der Waals surface area (Å²) in [5.41, 5.74) is 6.20. The molecule has 52 valence electrons. The quantitative estimate of drug-likeness (QED) is 0.449. The van der Waals surface area contributed by atoms with Gasteiger partial charge in [0.2, 0.25) is 0 Å². The number of hydrogen-bond donors (Lipinski definition) is 2. The zero-order chi connectivity index (χ0) is 7.28. The molecular weight excluding hydrogens is 130 g/mol. The second-order valence-corrected chi connectivity index (χ2v) is 2.36. The van der Waals surface area contributed by atoms with Crippen LogP contribution in [0, 0.1) is 0 Å². The molecule has 0 aliphatic carbocycles. The number of hydrogen-bond acceptors (Lipinski definition) is 2. The lowest BCUT2D eigenvalue weighted by Gasteiger charge is -1.92. The fourth-order valence-corrected chi connectivity index (χ4v) is 0.466. The Bertz CT molecular complexity index is 132. The lowest BCUT2D eigenvalue weighted by atomic mass is 10.3. The van der Waals surface area contributed by atoms with Crippen molar-refractivity contribution >= 4 is 12.6 Å². The van der Waals surface area contributed by atoms with E-state index in [1.165, 1.54) is 0 Å². The Hall–Kier alpha value is -0.370. The summed E-state index contributed by atoms with van der Waals surface area (Å²) in [5, 5.41) is 0. The summed E-state index contributed by atoms with van der Waals surface area (Å²) >= 11 is 4.13. The molecule has 0 fully saturated rings. The van der Waals surface area contributed by atoms with Crippen LogP contribution in [0.4, 0.5) is 0 Å². The van der Waals surface area contributed by atoms with Crippen LogP contribution < -0.4 is 5.73 Å². The van der Waals surface area contributed by atoms with Gasteiger partial charge < -0.3 is 5.73 Å². The third-order valence-corrected chi connectivity index (χ3v) is 1.42. The molecule has 0 aromatic rings. The highest BCUT2D eigenvalue weighted by Gasteiger charge is 1.83. The van der Waals surface area contributed by atoms with Crippen LogP contribution in [0.2, 0.25) is 0 Å². The molecule has 0 radical (unpaired) electrons. The maximum absolute atomic E-state index is 5.43. The Labute approximate surface area is 62.0 Å². The highest BCUT2D eigenvalue weighted by Crippen LogP contribution is 2.05. The number of allylic oxidation sites excluding steroid dienone is 3. The summed E-state index contributed by atoms with van der Waals surface area (Å²) in [6.45, 7) is 3.91. The van der Waals surface area contributed by atoms with E-state index in [2.05, 4.69) is 19.6 Å². The second kappa shape index (κ2) is 4.50. The van der Waals surface area contributed by atoms with E-state index in [9.17, 15) is 0 Å². The van der Waals surface area contributed by atoms with Gasteiger partial charge in [-0.2, -0.15) is 0 Å². The van der Waals surface area contributed by atoms with Crippen LogP contribution in [-0.4, -0.2) is 0 Å². The smallest absolute Gasteiger partial charge is 0.0222 e. The summed E-state index contributed by atoms with van der Waals surface area (Å²) in [6.07, 6.45) is 4.97. The van der Waals surface area contributed by atoms with Crippen molar-refractivity contribution in [3.63, 3.8) is 0 Å². The molecule has 9 heavy (non-hydrogen) atoms. The number of thiol groups is 1. The Balaban J connectivity index is 3.91. The van der Waals surface area contributed by atoms with Crippen LogP contribution in [-0.2, 0) is 0 Å². The first-order chi connectivity index (χ1) is 4.18.